The molecule has 0 aliphatic heterocycles. The molecule has 140 valence electrons. The number of phenols is 2. The van der Waals surface area contributed by atoms with Crippen molar-refractivity contribution in [1.29, 1.82) is 0 Å². The molecule has 0 saturated carbocycles. The molecule has 0 bridgehead atoms. The third-order valence-electron chi connectivity index (χ3n) is 3.91. The van der Waals surface area contributed by atoms with Crippen molar-refractivity contribution in [3.05, 3.63) is 51.9 Å². The van der Waals surface area contributed by atoms with Gasteiger partial charge in [-0.3, -0.25) is 0 Å². The fourth-order valence-corrected chi connectivity index (χ4v) is 4.04. The molecule has 9 nitrogen and oxygen atoms in total. The van der Waals surface area contributed by atoms with Crippen LogP contribution < -0.4 is 9.78 Å². The van der Waals surface area contributed by atoms with Gasteiger partial charge in [0.1, 0.15) is 0 Å². The molecular formula is C17H15AsN2O7. The molecule has 0 aliphatic carbocycles. The van der Waals surface area contributed by atoms with E-state index in [1.807, 2.05) is 0 Å². The minimum absolute atomic E-state index is 0.0000205. The number of rotatable bonds is 3. The fraction of sp³-hybridized carbons (Fsp3) is 0.118. The van der Waals surface area contributed by atoms with Gasteiger partial charge in [0.15, 0.2) is 0 Å². The molecule has 1 aromatic heterocycles. The van der Waals surface area contributed by atoms with Crippen LogP contribution in [0.15, 0.2) is 49.8 Å². The number of aromatic hydroxyl groups is 2. The molecule has 0 atom stereocenters. The number of aryl methyl sites for hydroxylation is 1. The summed E-state index contributed by atoms with van der Waals surface area (Å²) in [5.74, 6) is -0.670. The van der Waals surface area contributed by atoms with E-state index in [0.29, 0.717) is 0 Å². The average molecular weight is 434 g/mol. The van der Waals surface area contributed by atoms with Gasteiger partial charge >= 0.3 is 155 Å². The summed E-state index contributed by atoms with van der Waals surface area (Å²) < 4.78 is 35.8. The summed E-state index contributed by atoms with van der Waals surface area (Å²) in [6, 6.07) is 6.75. The van der Waals surface area contributed by atoms with Crippen LogP contribution in [0.4, 0.5) is 11.4 Å². The van der Waals surface area contributed by atoms with Crippen molar-refractivity contribution >= 4 is 40.9 Å². The third-order valence-corrected chi connectivity index (χ3v) is 6.02. The molecule has 27 heavy (non-hydrogen) atoms. The second-order valence-corrected chi connectivity index (χ2v) is 9.12. The van der Waals surface area contributed by atoms with Crippen molar-refractivity contribution < 1.29 is 26.6 Å². The molecule has 0 amide bonds. The maximum atomic E-state index is 12.2. The minimum atomic E-state index is -5.26. The zero-order valence-corrected chi connectivity index (χ0v) is 16.1. The maximum absolute atomic E-state index is 12.2. The van der Waals surface area contributed by atoms with Gasteiger partial charge in [0.05, 0.1) is 0 Å². The quantitative estimate of drug-likeness (QED) is 0.362. The summed E-state index contributed by atoms with van der Waals surface area (Å²) in [6.45, 7) is 2.90. The van der Waals surface area contributed by atoms with E-state index in [-0.39, 0.29) is 38.0 Å². The summed E-state index contributed by atoms with van der Waals surface area (Å²) in [7, 11) is 0. The first-order valence-corrected chi connectivity index (χ1v) is 11.1. The number of nitrogens with zero attached hydrogens (tertiary/aromatic N) is 2. The summed E-state index contributed by atoms with van der Waals surface area (Å²) in [5.41, 5.74) is -1.01. The van der Waals surface area contributed by atoms with Crippen LogP contribution in [0.1, 0.15) is 11.3 Å². The van der Waals surface area contributed by atoms with E-state index in [9.17, 15) is 26.9 Å². The first kappa shape index (κ1) is 18.9. The Bertz CT molecular complexity index is 1190. The summed E-state index contributed by atoms with van der Waals surface area (Å²) in [5, 5.41) is 28.0. The third kappa shape index (κ3) is 3.40. The number of phenolic OH excluding ortho intramolecular Hbond substituents is 2. The number of hydrogen-bond acceptors (Lipinski definition) is 7. The van der Waals surface area contributed by atoms with Crippen molar-refractivity contribution in [3.8, 4) is 11.5 Å². The van der Waals surface area contributed by atoms with Gasteiger partial charge in [-0.2, -0.15) is 0 Å². The molecule has 0 aliphatic rings. The first-order chi connectivity index (χ1) is 12.6. The van der Waals surface area contributed by atoms with Crippen molar-refractivity contribution in [2.45, 2.75) is 13.8 Å². The standard InChI is InChI=1S/C17H15AsN2O7/c1-8-7-12(21)13-15(22)9(2)16(23)14(17(13)27-8)20-19-11-6-4-3-5-10(11)18(24,25)26/h3-7,22-23H,1-2H3,(H2,24,25,26). The number of azo groups is 1. The van der Waals surface area contributed by atoms with Crippen LogP contribution in [-0.2, 0) is 3.74 Å². The van der Waals surface area contributed by atoms with Gasteiger partial charge in [-0.25, -0.2) is 0 Å². The van der Waals surface area contributed by atoms with E-state index in [1.165, 1.54) is 44.2 Å². The molecule has 2 aromatic carbocycles. The van der Waals surface area contributed by atoms with Crippen LogP contribution in [-0.4, -0.2) is 32.6 Å². The molecule has 0 fully saturated rings. The van der Waals surface area contributed by atoms with Crippen LogP contribution in [0, 0.1) is 13.8 Å². The zero-order valence-electron chi connectivity index (χ0n) is 14.2. The molecular weight excluding hydrogens is 419 g/mol. The van der Waals surface area contributed by atoms with Crippen molar-refractivity contribution in [3.63, 3.8) is 0 Å². The van der Waals surface area contributed by atoms with Gasteiger partial charge in [0, 0.05) is 0 Å². The Hall–Kier alpha value is -2.87. The predicted octanol–water partition coefficient (Wildman–Crippen LogP) is 1.80. The number of fused-ring (bicyclic) bond motifs is 1. The van der Waals surface area contributed by atoms with Crippen molar-refractivity contribution in [1.82, 2.24) is 0 Å². The Morgan fingerprint density at radius 2 is 1.70 bits per heavy atom. The normalized spacial score (nSPS) is 12.1. The number of benzene rings is 2. The van der Waals surface area contributed by atoms with Gasteiger partial charge in [-0.05, 0) is 0 Å². The molecule has 0 saturated heterocycles. The Labute approximate surface area is 155 Å². The van der Waals surface area contributed by atoms with Gasteiger partial charge in [0.25, 0.3) is 0 Å². The van der Waals surface area contributed by atoms with Crippen LogP contribution in [0.3, 0.4) is 0 Å². The SMILES string of the molecule is Cc1cc(=O)c2c(O)c(C)c(O)c(N=Nc3ccccc3[As](=O)(O)O)c2o1. The molecule has 3 rings (SSSR count). The molecule has 0 unspecified atom stereocenters. The monoisotopic (exact) mass is 434 g/mol. The average Bonchev–Trinajstić information content (AvgIpc) is 2.58. The summed E-state index contributed by atoms with van der Waals surface area (Å²) in [6.07, 6.45) is 0. The van der Waals surface area contributed by atoms with Crippen LogP contribution in [0.25, 0.3) is 11.0 Å². The molecule has 3 aromatic rings. The molecule has 0 radical (unpaired) electrons. The Morgan fingerprint density at radius 1 is 1.04 bits per heavy atom. The fourth-order valence-electron chi connectivity index (χ4n) is 2.58. The van der Waals surface area contributed by atoms with Gasteiger partial charge in [-0.15, -0.1) is 0 Å². The van der Waals surface area contributed by atoms with E-state index >= 15 is 0 Å². The molecule has 4 N–H and O–H groups in total. The van der Waals surface area contributed by atoms with Gasteiger partial charge in [0.2, 0.25) is 0 Å². The van der Waals surface area contributed by atoms with Gasteiger partial charge in [-0.1, -0.05) is 0 Å². The predicted molar refractivity (Wildman–Crippen MR) is 96.4 cm³/mol. The molecule has 1 heterocycles. The Morgan fingerprint density at radius 3 is 2.37 bits per heavy atom. The van der Waals surface area contributed by atoms with Gasteiger partial charge < -0.3 is 0 Å². The second-order valence-electron chi connectivity index (χ2n) is 5.83. The second kappa shape index (κ2) is 6.70. The summed E-state index contributed by atoms with van der Waals surface area (Å²) >= 11 is -5.26. The van der Waals surface area contributed by atoms with Crippen LogP contribution >= 0.6 is 0 Å². The van der Waals surface area contributed by atoms with Crippen molar-refractivity contribution in [2.75, 3.05) is 0 Å². The molecule has 10 heteroatoms. The first-order valence-electron chi connectivity index (χ1n) is 7.67. The Balaban J connectivity index is 2.30. The number of hydrogen-bond donors (Lipinski definition) is 4. The zero-order chi connectivity index (χ0) is 19.9. The summed E-state index contributed by atoms with van der Waals surface area (Å²) in [4.78, 5) is 12.2. The Kier molecular flexibility index (Phi) is 4.69. The van der Waals surface area contributed by atoms with E-state index in [1.54, 1.807) is 0 Å². The topological polar surface area (TPSA) is 153 Å². The van der Waals surface area contributed by atoms with E-state index in [0.717, 1.165) is 0 Å². The van der Waals surface area contributed by atoms with E-state index in [4.69, 9.17) is 4.42 Å². The van der Waals surface area contributed by atoms with E-state index in [2.05, 4.69) is 10.2 Å². The molecule has 0 spiro atoms. The van der Waals surface area contributed by atoms with Crippen LogP contribution in [0.2, 0.25) is 0 Å². The van der Waals surface area contributed by atoms with Crippen LogP contribution in [0.5, 0.6) is 11.5 Å². The van der Waals surface area contributed by atoms with Crippen molar-refractivity contribution in [2.24, 2.45) is 10.2 Å². The van der Waals surface area contributed by atoms with E-state index < -0.39 is 31.1 Å².